The van der Waals surface area contributed by atoms with Crippen molar-refractivity contribution in [2.45, 2.75) is 26.1 Å². The first-order valence-electron chi connectivity index (χ1n) is 6.91. The zero-order valence-corrected chi connectivity index (χ0v) is 13.0. The number of nitrogens with one attached hydrogen (secondary N) is 2. The number of hydrogen-bond acceptors (Lipinski definition) is 4. The monoisotopic (exact) mass is 300 g/mol. The first-order chi connectivity index (χ1) is 9.57. The van der Waals surface area contributed by atoms with Crippen LogP contribution in [0.2, 0.25) is 0 Å². The minimum atomic E-state index is -3.30. The molecule has 0 saturated heterocycles. The summed E-state index contributed by atoms with van der Waals surface area (Å²) in [5, 5.41) is 3.22. The lowest BCUT2D eigenvalue weighted by atomic mass is 10.1. The predicted molar refractivity (Wildman–Crippen MR) is 80.9 cm³/mol. The lowest BCUT2D eigenvalue weighted by molar-refractivity contribution is 0.153. The Hall–Kier alpha value is -0.950. The number of sulfonamides is 1. The summed E-state index contributed by atoms with van der Waals surface area (Å²) in [6, 6.07) is 7.63. The molecule has 0 bridgehead atoms. The van der Waals surface area contributed by atoms with E-state index in [1.54, 1.807) is 0 Å². The molecule has 20 heavy (non-hydrogen) atoms. The molecule has 0 aliphatic rings. The normalized spacial score (nSPS) is 11.7. The van der Waals surface area contributed by atoms with E-state index in [-0.39, 0.29) is 5.75 Å². The van der Waals surface area contributed by atoms with E-state index in [1.165, 1.54) is 0 Å². The molecule has 5 nitrogen and oxygen atoms in total. The molecule has 1 aromatic rings. The zero-order chi connectivity index (χ0) is 14.8. The van der Waals surface area contributed by atoms with Gasteiger partial charge in [0.1, 0.15) is 0 Å². The van der Waals surface area contributed by atoms with Gasteiger partial charge in [-0.25, -0.2) is 13.1 Å². The Morgan fingerprint density at radius 3 is 2.65 bits per heavy atom. The zero-order valence-electron chi connectivity index (χ0n) is 12.2. The van der Waals surface area contributed by atoms with Crippen LogP contribution in [-0.2, 0) is 27.1 Å². The van der Waals surface area contributed by atoms with Crippen LogP contribution < -0.4 is 10.0 Å². The van der Waals surface area contributed by atoms with Gasteiger partial charge in [-0.1, -0.05) is 31.2 Å². The van der Waals surface area contributed by atoms with Crippen LogP contribution in [0.5, 0.6) is 0 Å². The van der Waals surface area contributed by atoms with Crippen molar-refractivity contribution in [3.8, 4) is 0 Å². The van der Waals surface area contributed by atoms with E-state index in [2.05, 4.69) is 10.0 Å². The van der Waals surface area contributed by atoms with Crippen molar-refractivity contribution in [3.63, 3.8) is 0 Å². The molecule has 6 heteroatoms. The molecular weight excluding hydrogens is 276 g/mol. The van der Waals surface area contributed by atoms with Crippen molar-refractivity contribution in [2.24, 2.45) is 0 Å². The molecule has 0 fully saturated rings. The van der Waals surface area contributed by atoms with Gasteiger partial charge in [-0.3, -0.25) is 0 Å². The third-order valence-electron chi connectivity index (χ3n) is 2.70. The SMILES string of the molecule is CCNCc1cccc(CS(=O)(=O)NCCOCC)c1. The van der Waals surface area contributed by atoms with E-state index >= 15 is 0 Å². The first-order valence-corrected chi connectivity index (χ1v) is 8.56. The van der Waals surface area contributed by atoms with Gasteiger partial charge in [-0.05, 0) is 24.6 Å². The maximum absolute atomic E-state index is 11.9. The lowest BCUT2D eigenvalue weighted by Gasteiger charge is -2.08. The Balaban J connectivity index is 2.53. The molecule has 0 heterocycles. The lowest BCUT2D eigenvalue weighted by Crippen LogP contribution is -2.28. The first kappa shape index (κ1) is 17.1. The number of ether oxygens (including phenoxy) is 1. The standard InChI is InChI=1S/C14H24N2O3S/c1-3-15-11-13-6-5-7-14(10-13)12-20(17,18)16-8-9-19-4-2/h5-7,10,15-16H,3-4,8-9,11-12H2,1-2H3. The second kappa shape index (κ2) is 9.07. The predicted octanol–water partition coefficient (Wildman–Crippen LogP) is 1.25. The van der Waals surface area contributed by atoms with E-state index in [4.69, 9.17) is 4.74 Å². The van der Waals surface area contributed by atoms with Crippen molar-refractivity contribution in [3.05, 3.63) is 35.4 Å². The van der Waals surface area contributed by atoms with E-state index in [1.807, 2.05) is 38.1 Å². The fourth-order valence-corrected chi connectivity index (χ4v) is 2.90. The minimum Gasteiger partial charge on any atom is -0.380 e. The van der Waals surface area contributed by atoms with Gasteiger partial charge < -0.3 is 10.1 Å². The Labute approximate surface area is 121 Å². The van der Waals surface area contributed by atoms with Crippen molar-refractivity contribution >= 4 is 10.0 Å². The highest BCUT2D eigenvalue weighted by atomic mass is 32.2. The van der Waals surface area contributed by atoms with Crippen molar-refractivity contribution in [1.82, 2.24) is 10.0 Å². The molecule has 0 atom stereocenters. The highest BCUT2D eigenvalue weighted by molar-refractivity contribution is 7.88. The van der Waals surface area contributed by atoms with Gasteiger partial charge in [-0.2, -0.15) is 0 Å². The van der Waals surface area contributed by atoms with Crippen LogP contribution in [0.15, 0.2) is 24.3 Å². The van der Waals surface area contributed by atoms with E-state index < -0.39 is 10.0 Å². The molecule has 0 unspecified atom stereocenters. The molecule has 114 valence electrons. The van der Waals surface area contributed by atoms with Gasteiger partial charge >= 0.3 is 0 Å². The Morgan fingerprint density at radius 2 is 1.95 bits per heavy atom. The molecule has 0 radical (unpaired) electrons. The van der Waals surface area contributed by atoms with Gasteiger partial charge in [0, 0.05) is 19.7 Å². The van der Waals surface area contributed by atoms with Crippen molar-refractivity contribution in [1.29, 1.82) is 0 Å². The highest BCUT2D eigenvalue weighted by Crippen LogP contribution is 2.08. The molecular formula is C14H24N2O3S. The summed E-state index contributed by atoms with van der Waals surface area (Å²) < 4.78 is 31.5. The summed E-state index contributed by atoms with van der Waals surface area (Å²) in [4.78, 5) is 0. The third kappa shape index (κ3) is 7.00. The smallest absolute Gasteiger partial charge is 0.215 e. The van der Waals surface area contributed by atoms with Crippen LogP contribution in [0.25, 0.3) is 0 Å². The molecule has 0 saturated carbocycles. The van der Waals surface area contributed by atoms with Crippen molar-refractivity contribution in [2.75, 3.05) is 26.3 Å². The van der Waals surface area contributed by atoms with Crippen LogP contribution in [0, 0.1) is 0 Å². The van der Waals surface area contributed by atoms with Crippen LogP contribution in [0.3, 0.4) is 0 Å². The molecule has 0 aliphatic heterocycles. The average Bonchev–Trinajstić information content (AvgIpc) is 2.41. The van der Waals surface area contributed by atoms with E-state index in [0.29, 0.717) is 19.8 Å². The second-order valence-corrected chi connectivity index (χ2v) is 6.26. The molecule has 0 aromatic heterocycles. The Bertz CT molecular complexity index is 489. The van der Waals surface area contributed by atoms with Gasteiger partial charge in [0.15, 0.2) is 0 Å². The van der Waals surface area contributed by atoms with Gasteiger partial charge in [0.25, 0.3) is 0 Å². The van der Waals surface area contributed by atoms with E-state index in [9.17, 15) is 8.42 Å². The van der Waals surface area contributed by atoms with Crippen LogP contribution in [0.1, 0.15) is 25.0 Å². The second-order valence-electron chi connectivity index (χ2n) is 4.45. The van der Waals surface area contributed by atoms with Gasteiger partial charge in [-0.15, -0.1) is 0 Å². The summed E-state index contributed by atoms with van der Waals surface area (Å²) in [6.07, 6.45) is 0. The largest absolute Gasteiger partial charge is 0.380 e. The average molecular weight is 300 g/mol. The molecule has 1 rings (SSSR count). The number of hydrogen-bond donors (Lipinski definition) is 2. The highest BCUT2D eigenvalue weighted by Gasteiger charge is 2.11. The molecule has 0 spiro atoms. The molecule has 2 N–H and O–H groups in total. The van der Waals surface area contributed by atoms with Crippen LogP contribution in [-0.4, -0.2) is 34.7 Å². The molecule has 1 aromatic carbocycles. The maximum Gasteiger partial charge on any atom is 0.215 e. The quantitative estimate of drug-likeness (QED) is 0.638. The fraction of sp³-hybridized carbons (Fsp3) is 0.571. The van der Waals surface area contributed by atoms with Gasteiger partial charge in [0.05, 0.1) is 12.4 Å². The maximum atomic E-state index is 11.9. The summed E-state index contributed by atoms with van der Waals surface area (Å²) >= 11 is 0. The summed E-state index contributed by atoms with van der Waals surface area (Å²) in [5.41, 5.74) is 1.89. The fourth-order valence-electron chi connectivity index (χ4n) is 1.78. The molecule has 0 amide bonds. The topological polar surface area (TPSA) is 67.4 Å². The Kier molecular flexibility index (Phi) is 7.76. The number of rotatable bonds is 10. The van der Waals surface area contributed by atoms with Crippen LogP contribution >= 0.6 is 0 Å². The summed E-state index contributed by atoms with van der Waals surface area (Å²) in [5.74, 6) is -0.000903. The number of benzene rings is 1. The summed E-state index contributed by atoms with van der Waals surface area (Å²) in [6.45, 7) is 6.86. The molecule has 0 aliphatic carbocycles. The van der Waals surface area contributed by atoms with Crippen molar-refractivity contribution < 1.29 is 13.2 Å². The van der Waals surface area contributed by atoms with E-state index in [0.717, 1.165) is 24.2 Å². The Morgan fingerprint density at radius 1 is 1.20 bits per heavy atom. The summed E-state index contributed by atoms with van der Waals surface area (Å²) in [7, 11) is -3.30. The minimum absolute atomic E-state index is 0.000903. The van der Waals surface area contributed by atoms with Crippen LogP contribution in [0.4, 0.5) is 0 Å². The third-order valence-corrected chi connectivity index (χ3v) is 4.06. The van der Waals surface area contributed by atoms with Gasteiger partial charge in [0.2, 0.25) is 10.0 Å².